The summed E-state index contributed by atoms with van der Waals surface area (Å²) >= 11 is 0. The number of nitrogens with zero attached hydrogens (tertiary/aromatic N) is 2. The molecule has 0 aliphatic carbocycles. The van der Waals surface area contributed by atoms with Crippen LogP contribution in [0.1, 0.15) is 27.0 Å². The molecular weight excluding hydrogens is 390 g/mol. The average molecular weight is 409 g/mol. The van der Waals surface area contributed by atoms with Gasteiger partial charge in [-0.1, -0.05) is 30.3 Å². The molecule has 3 aromatic carbocycles. The number of benzene rings is 3. The fraction of sp³-hybridized carbons (Fsp3) is 0.0800. The monoisotopic (exact) mass is 409 g/mol. The van der Waals surface area contributed by atoms with Crippen molar-refractivity contribution in [3.8, 4) is 17.6 Å². The van der Waals surface area contributed by atoms with E-state index in [1.165, 1.54) is 6.20 Å². The van der Waals surface area contributed by atoms with Crippen molar-refractivity contribution in [1.29, 1.82) is 5.26 Å². The largest absolute Gasteiger partial charge is 0.493 e. The molecule has 0 atom stereocenters. The smallest absolute Gasteiger partial charge is 0.195 e. The highest BCUT2D eigenvalue weighted by molar-refractivity contribution is 6.19. The van der Waals surface area contributed by atoms with E-state index in [2.05, 4.69) is 4.98 Å². The predicted octanol–water partition coefficient (Wildman–Crippen LogP) is 4.51. The number of anilines is 1. The maximum absolute atomic E-state index is 13.3. The molecule has 4 aromatic rings. The molecule has 152 valence electrons. The van der Waals surface area contributed by atoms with Gasteiger partial charge in [0.25, 0.3) is 0 Å². The van der Waals surface area contributed by atoms with E-state index >= 15 is 0 Å². The number of rotatable bonds is 6. The van der Waals surface area contributed by atoms with Crippen LogP contribution in [0, 0.1) is 11.3 Å². The van der Waals surface area contributed by atoms with Crippen LogP contribution < -0.4 is 15.2 Å². The summed E-state index contributed by atoms with van der Waals surface area (Å²) in [4.78, 5) is 17.6. The topological polar surface area (TPSA) is 98.2 Å². The van der Waals surface area contributed by atoms with Gasteiger partial charge in [0.2, 0.25) is 0 Å². The lowest BCUT2D eigenvalue weighted by Crippen LogP contribution is -2.08. The molecule has 0 amide bonds. The van der Waals surface area contributed by atoms with Crippen LogP contribution in [0.25, 0.3) is 10.9 Å². The van der Waals surface area contributed by atoms with E-state index in [1.54, 1.807) is 43.5 Å². The van der Waals surface area contributed by atoms with E-state index in [4.69, 9.17) is 20.5 Å². The molecule has 31 heavy (non-hydrogen) atoms. The van der Waals surface area contributed by atoms with E-state index < -0.39 is 0 Å². The molecule has 1 aromatic heterocycles. The normalized spacial score (nSPS) is 10.5. The van der Waals surface area contributed by atoms with Crippen molar-refractivity contribution in [2.75, 3.05) is 12.8 Å². The van der Waals surface area contributed by atoms with E-state index in [9.17, 15) is 4.79 Å². The Labute approximate surface area is 179 Å². The second-order valence-corrected chi connectivity index (χ2v) is 6.90. The van der Waals surface area contributed by atoms with Crippen LogP contribution in [-0.4, -0.2) is 17.9 Å². The van der Waals surface area contributed by atoms with Crippen LogP contribution in [0.2, 0.25) is 0 Å². The van der Waals surface area contributed by atoms with Crippen molar-refractivity contribution in [2.45, 2.75) is 6.61 Å². The summed E-state index contributed by atoms with van der Waals surface area (Å²) in [6.07, 6.45) is 1.46. The number of methoxy groups -OCH3 is 1. The second-order valence-electron chi connectivity index (χ2n) is 6.90. The fourth-order valence-corrected chi connectivity index (χ4v) is 3.32. The first-order valence-corrected chi connectivity index (χ1v) is 9.58. The average Bonchev–Trinajstić information content (AvgIpc) is 2.82. The number of aromatic nitrogens is 1. The van der Waals surface area contributed by atoms with Gasteiger partial charge in [0, 0.05) is 17.0 Å². The van der Waals surface area contributed by atoms with Crippen molar-refractivity contribution >= 4 is 22.4 Å². The minimum Gasteiger partial charge on any atom is -0.493 e. The molecule has 0 fully saturated rings. The van der Waals surface area contributed by atoms with E-state index in [1.807, 2.05) is 36.4 Å². The molecule has 0 radical (unpaired) electrons. The maximum atomic E-state index is 13.3. The van der Waals surface area contributed by atoms with E-state index in [0.717, 1.165) is 5.56 Å². The number of carbonyl (C=O) groups is 1. The van der Waals surface area contributed by atoms with Gasteiger partial charge in [-0.3, -0.25) is 9.78 Å². The summed E-state index contributed by atoms with van der Waals surface area (Å²) in [7, 11) is 1.55. The molecule has 2 N–H and O–H groups in total. The Kier molecular flexibility index (Phi) is 5.50. The first-order valence-electron chi connectivity index (χ1n) is 9.58. The Hall–Kier alpha value is -4.37. The summed E-state index contributed by atoms with van der Waals surface area (Å²) < 4.78 is 11.5. The molecule has 4 rings (SSSR count). The summed E-state index contributed by atoms with van der Waals surface area (Å²) in [6.45, 7) is 0.345. The third-order valence-corrected chi connectivity index (χ3v) is 4.92. The SMILES string of the molecule is COc1cc2ncc(N)c(C(=O)c3ccc(C#N)cc3)c2cc1OCc1ccccc1. The van der Waals surface area contributed by atoms with Crippen molar-refractivity contribution in [3.63, 3.8) is 0 Å². The zero-order valence-electron chi connectivity index (χ0n) is 16.8. The zero-order valence-corrected chi connectivity index (χ0v) is 16.8. The third kappa shape index (κ3) is 4.02. The Morgan fingerprint density at radius 1 is 1.06 bits per heavy atom. The standard InChI is InChI=1S/C25H19N3O3/c1-30-22-12-21-19(11-23(22)31-15-17-5-3-2-4-6-17)24(20(27)14-28-21)25(29)18-9-7-16(13-26)8-10-18/h2-12,14H,15,27H2,1H3. The van der Waals surface area contributed by atoms with E-state index in [-0.39, 0.29) is 11.5 Å². The van der Waals surface area contributed by atoms with Crippen molar-refractivity contribution in [1.82, 2.24) is 4.98 Å². The fourth-order valence-electron chi connectivity index (χ4n) is 3.32. The first kappa shape index (κ1) is 19.9. The van der Waals surface area contributed by atoms with Gasteiger partial charge in [0.05, 0.1) is 41.7 Å². The summed E-state index contributed by atoms with van der Waals surface area (Å²) in [5, 5.41) is 9.56. The van der Waals surface area contributed by atoms with Gasteiger partial charge in [-0.2, -0.15) is 5.26 Å². The lowest BCUT2D eigenvalue weighted by atomic mass is 9.97. The number of nitrogen functional groups attached to an aromatic ring is 1. The van der Waals surface area contributed by atoms with E-state index in [0.29, 0.717) is 45.7 Å². The summed E-state index contributed by atoms with van der Waals surface area (Å²) in [5.41, 5.74) is 9.24. The number of ether oxygens (including phenoxy) is 2. The number of fused-ring (bicyclic) bond motifs is 1. The van der Waals surface area contributed by atoms with Crippen molar-refractivity contribution in [2.24, 2.45) is 0 Å². The number of ketones is 1. The van der Waals surface area contributed by atoms with Crippen LogP contribution in [0.4, 0.5) is 5.69 Å². The van der Waals surface area contributed by atoms with Gasteiger partial charge in [0.1, 0.15) is 6.61 Å². The molecule has 6 heteroatoms. The number of nitrogens with two attached hydrogens (primary N) is 1. The van der Waals surface area contributed by atoms with Crippen molar-refractivity contribution < 1.29 is 14.3 Å². The lowest BCUT2D eigenvalue weighted by molar-refractivity contribution is 0.104. The molecule has 0 aliphatic heterocycles. The highest BCUT2D eigenvalue weighted by Gasteiger charge is 2.19. The Bertz CT molecular complexity index is 1290. The molecule has 0 bridgehead atoms. The molecule has 0 unspecified atom stereocenters. The number of nitriles is 1. The molecule has 0 saturated heterocycles. The van der Waals surface area contributed by atoms with Gasteiger partial charge >= 0.3 is 0 Å². The molecule has 0 spiro atoms. The molecule has 0 aliphatic rings. The Morgan fingerprint density at radius 3 is 2.48 bits per heavy atom. The highest BCUT2D eigenvalue weighted by Crippen LogP contribution is 2.35. The molecule has 0 saturated carbocycles. The van der Waals surface area contributed by atoms with Gasteiger partial charge < -0.3 is 15.2 Å². The quantitative estimate of drug-likeness (QED) is 0.471. The van der Waals surface area contributed by atoms with Crippen molar-refractivity contribution in [3.05, 3.63) is 95.2 Å². The number of hydrogen-bond acceptors (Lipinski definition) is 6. The molecular formula is C25H19N3O3. The first-order chi connectivity index (χ1) is 15.1. The summed E-state index contributed by atoms with van der Waals surface area (Å²) in [6, 6.07) is 21.7. The molecule has 1 heterocycles. The van der Waals surface area contributed by atoms with Crippen LogP contribution in [0.15, 0.2) is 72.9 Å². The number of hydrogen-bond donors (Lipinski definition) is 1. The number of pyridine rings is 1. The predicted molar refractivity (Wildman–Crippen MR) is 118 cm³/mol. The minimum absolute atomic E-state index is 0.256. The van der Waals surface area contributed by atoms with Crippen LogP contribution in [-0.2, 0) is 6.61 Å². The Balaban J connectivity index is 1.78. The third-order valence-electron chi connectivity index (χ3n) is 4.92. The minimum atomic E-state index is -0.256. The maximum Gasteiger partial charge on any atom is 0.195 e. The van der Waals surface area contributed by atoms with Gasteiger partial charge in [-0.05, 0) is 35.9 Å². The van der Waals surface area contributed by atoms with Crippen LogP contribution >= 0.6 is 0 Å². The highest BCUT2D eigenvalue weighted by atomic mass is 16.5. The van der Waals surface area contributed by atoms with Gasteiger partial charge in [0.15, 0.2) is 17.3 Å². The van der Waals surface area contributed by atoms with Gasteiger partial charge in [-0.25, -0.2) is 0 Å². The molecule has 6 nitrogen and oxygen atoms in total. The van der Waals surface area contributed by atoms with Crippen LogP contribution in [0.3, 0.4) is 0 Å². The lowest BCUT2D eigenvalue weighted by Gasteiger charge is -2.14. The van der Waals surface area contributed by atoms with Crippen LogP contribution in [0.5, 0.6) is 11.5 Å². The number of carbonyl (C=O) groups excluding carboxylic acids is 1. The summed E-state index contributed by atoms with van der Waals surface area (Å²) in [5.74, 6) is 0.742. The van der Waals surface area contributed by atoms with Gasteiger partial charge in [-0.15, -0.1) is 0 Å². The Morgan fingerprint density at radius 2 is 1.81 bits per heavy atom. The second kappa shape index (κ2) is 8.56. The zero-order chi connectivity index (χ0) is 21.8.